The van der Waals surface area contributed by atoms with E-state index >= 15 is 0 Å². The first-order chi connectivity index (χ1) is 9.47. The monoisotopic (exact) mass is 270 g/mol. The van der Waals surface area contributed by atoms with Gasteiger partial charge in [0.25, 0.3) is 5.56 Å². The zero-order chi connectivity index (χ0) is 14.4. The van der Waals surface area contributed by atoms with E-state index in [1.807, 2.05) is 26.2 Å². The van der Waals surface area contributed by atoms with Crippen LogP contribution in [0.1, 0.15) is 24.0 Å². The highest BCUT2D eigenvalue weighted by molar-refractivity contribution is 5.75. The highest BCUT2D eigenvalue weighted by Gasteiger charge is 2.25. The summed E-state index contributed by atoms with van der Waals surface area (Å²) < 4.78 is 0. The summed E-state index contributed by atoms with van der Waals surface area (Å²) in [5.74, 6) is 0.283. The van der Waals surface area contributed by atoms with E-state index in [-0.39, 0.29) is 17.2 Å². The Morgan fingerprint density at radius 1 is 1.30 bits per heavy atom. The van der Waals surface area contributed by atoms with Crippen molar-refractivity contribution in [2.45, 2.75) is 19.3 Å². The maximum atomic E-state index is 11.6. The summed E-state index contributed by atoms with van der Waals surface area (Å²) in [4.78, 5) is 16.6. The number of anilines is 1. The predicted octanol–water partition coefficient (Wildman–Crippen LogP) is 2.47. The third kappa shape index (κ3) is 1.88. The molecule has 20 heavy (non-hydrogen) atoms. The van der Waals surface area contributed by atoms with Crippen molar-refractivity contribution in [1.82, 2.24) is 4.98 Å². The van der Waals surface area contributed by atoms with Crippen LogP contribution in [0.5, 0.6) is 5.75 Å². The Morgan fingerprint density at radius 2 is 2.05 bits per heavy atom. The Balaban J connectivity index is 2.26. The molecule has 2 aromatic rings. The zero-order valence-corrected chi connectivity index (χ0v) is 11.9. The molecule has 4 heteroatoms. The second kappa shape index (κ2) is 4.40. The standard InChI is InChI=1S/C16H18N2O2/c1-9-6-10-7-11(18(2)3)4-5-12(10)16-15(9)13(19)8-14(20)17-16/h4-5,7-9H,6H2,1-3H3,(H2,17,19,20). The number of hydrogen-bond donors (Lipinski definition) is 2. The summed E-state index contributed by atoms with van der Waals surface area (Å²) in [5.41, 5.74) is 4.69. The fourth-order valence-electron chi connectivity index (χ4n) is 2.97. The van der Waals surface area contributed by atoms with Crippen LogP contribution < -0.4 is 10.5 Å². The van der Waals surface area contributed by atoms with Crippen molar-refractivity contribution in [3.63, 3.8) is 0 Å². The molecular weight excluding hydrogens is 252 g/mol. The molecule has 0 fully saturated rings. The lowest BCUT2D eigenvalue weighted by molar-refractivity contribution is 0.460. The predicted molar refractivity (Wildman–Crippen MR) is 80.6 cm³/mol. The van der Waals surface area contributed by atoms with Gasteiger partial charge in [-0.05, 0) is 30.0 Å². The summed E-state index contributed by atoms with van der Waals surface area (Å²) in [7, 11) is 4.02. The molecule has 1 aromatic heterocycles. The molecule has 0 bridgehead atoms. The number of fused-ring (bicyclic) bond motifs is 3. The van der Waals surface area contributed by atoms with Crippen molar-refractivity contribution < 1.29 is 5.11 Å². The number of nitrogens with zero attached hydrogens (tertiary/aromatic N) is 1. The van der Waals surface area contributed by atoms with Gasteiger partial charge in [-0.2, -0.15) is 0 Å². The summed E-state index contributed by atoms with van der Waals surface area (Å²) >= 11 is 0. The van der Waals surface area contributed by atoms with E-state index in [1.165, 1.54) is 11.6 Å². The molecule has 1 aliphatic carbocycles. The number of H-pyrrole nitrogens is 1. The van der Waals surface area contributed by atoms with Gasteiger partial charge < -0.3 is 15.0 Å². The lowest BCUT2D eigenvalue weighted by Crippen LogP contribution is -2.17. The van der Waals surface area contributed by atoms with Crippen LogP contribution in [0.2, 0.25) is 0 Å². The van der Waals surface area contributed by atoms with Crippen LogP contribution in [0.4, 0.5) is 5.69 Å². The minimum Gasteiger partial charge on any atom is -0.507 e. The van der Waals surface area contributed by atoms with Gasteiger partial charge >= 0.3 is 0 Å². The quantitative estimate of drug-likeness (QED) is 0.837. The van der Waals surface area contributed by atoms with Gasteiger partial charge in [0, 0.05) is 37.0 Å². The van der Waals surface area contributed by atoms with Crippen molar-refractivity contribution in [3.8, 4) is 17.0 Å². The third-order valence-corrected chi connectivity index (χ3v) is 3.95. The molecule has 0 aliphatic heterocycles. The Labute approximate surface area is 117 Å². The van der Waals surface area contributed by atoms with Crippen molar-refractivity contribution in [3.05, 3.63) is 45.7 Å². The number of aromatic nitrogens is 1. The van der Waals surface area contributed by atoms with Crippen LogP contribution in [-0.2, 0) is 6.42 Å². The normalized spacial score (nSPS) is 16.4. The maximum absolute atomic E-state index is 11.6. The second-order valence-electron chi connectivity index (χ2n) is 5.65. The molecule has 104 valence electrons. The topological polar surface area (TPSA) is 56.3 Å². The largest absolute Gasteiger partial charge is 0.507 e. The molecule has 1 aliphatic rings. The van der Waals surface area contributed by atoms with Crippen LogP contribution >= 0.6 is 0 Å². The van der Waals surface area contributed by atoms with Gasteiger partial charge in [0.2, 0.25) is 0 Å². The molecule has 0 amide bonds. The Bertz CT molecular complexity index is 732. The first-order valence-electron chi connectivity index (χ1n) is 6.74. The SMILES string of the molecule is CC1Cc2cc(N(C)C)ccc2-c2[nH]c(=O)cc(O)c21. The first kappa shape index (κ1) is 12.8. The molecular formula is C16H18N2O2. The molecule has 2 N–H and O–H groups in total. The van der Waals surface area contributed by atoms with Gasteiger partial charge in [-0.1, -0.05) is 13.0 Å². The van der Waals surface area contributed by atoms with Gasteiger partial charge in [0.15, 0.2) is 0 Å². The van der Waals surface area contributed by atoms with Crippen molar-refractivity contribution >= 4 is 5.69 Å². The first-order valence-corrected chi connectivity index (χ1v) is 6.74. The van der Waals surface area contributed by atoms with E-state index in [9.17, 15) is 9.90 Å². The Kier molecular flexibility index (Phi) is 2.82. The number of hydrogen-bond acceptors (Lipinski definition) is 3. The average Bonchev–Trinajstić information content (AvgIpc) is 2.36. The van der Waals surface area contributed by atoms with Crippen molar-refractivity contribution in [2.75, 3.05) is 19.0 Å². The number of pyridine rings is 1. The van der Waals surface area contributed by atoms with Gasteiger partial charge in [-0.25, -0.2) is 0 Å². The molecule has 1 atom stereocenters. The van der Waals surface area contributed by atoms with Crippen LogP contribution in [0.3, 0.4) is 0 Å². The van der Waals surface area contributed by atoms with E-state index in [2.05, 4.69) is 22.9 Å². The van der Waals surface area contributed by atoms with E-state index < -0.39 is 0 Å². The van der Waals surface area contributed by atoms with Crippen LogP contribution in [-0.4, -0.2) is 24.2 Å². The molecule has 1 aromatic carbocycles. The number of benzene rings is 1. The van der Waals surface area contributed by atoms with E-state index in [0.717, 1.165) is 28.9 Å². The second-order valence-corrected chi connectivity index (χ2v) is 5.65. The minimum atomic E-state index is -0.266. The van der Waals surface area contributed by atoms with E-state index in [4.69, 9.17) is 0 Å². The molecule has 1 heterocycles. The summed E-state index contributed by atoms with van der Waals surface area (Å²) in [6.07, 6.45) is 0.865. The Hall–Kier alpha value is -2.23. The average molecular weight is 270 g/mol. The summed E-state index contributed by atoms with van der Waals surface area (Å²) in [6, 6.07) is 7.46. The number of rotatable bonds is 1. The fraction of sp³-hybridized carbons (Fsp3) is 0.312. The smallest absolute Gasteiger partial charge is 0.252 e. The highest BCUT2D eigenvalue weighted by atomic mass is 16.3. The number of aromatic amines is 1. The molecule has 4 nitrogen and oxygen atoms in total. The lowest BCUT2D eigenvalue weighted by atomic mass is 9.81. The highest BCUT2D eigenvalue weighted by Crippen LogP contribution is 2.42. The molecule has 0 radical (unpaired) electrons. The van der Waals surface area contributed by atoms with Crippen molar-refractivity contribution in [1.29, 1.82) is 0 Å². The number of aromatic hydroxyl groups is 1. The van der Waals surface area contributed by atoms with Gasteiger partial charge in [0.1, 0.15) is 5.75 Å². The van der Waals surface area contributed by atoms with Gasteiger partial charge in [-0.3, -0.25) is 4.79 Å². The number of nitrogens with one attached hydrogen (secondary N) is 1. The minimum absolute atomic E-state index is 0.0959. The molecule has 0 saturated carbocycles. The molecule has 3 rings (SSSR count). The van der Waals surface area contributed by atoms with Gasteiger partial charge in [0.05, 0.1) is 5.69 Å². The van der Waals surface area contributed by atoms with Gasteiger partial charge in [-0.15, -0.1) is 0 Å². The summed E-state index contributed by atoms with van der Waals surface area (Å²) in [6.45, 7) is 2.07. The molecule has 0 saturated heterocycles. The summed E-state index contributed by atoms with van der Waals surface area (Å²) in [5, 5.41) is 10.0. The third-order valence-electron chi connectivity index (χ3n) is 3.95. The van der Waals surface area contributed by atoms with Crippen LogP contribution in [0, 0.1) is 0 Å². The molecule has 0 spiro atoms. The Morgan fingerprint density at radius 3 is 2.75 bits per heavy atom. The maximum Gasteiger partial charge on any atom is 0.252 e. The lowest BCUT2D eigenvalue weighted by Gasteiger charge is -2.26. The van der Waals surface area contributed by atoms with Crippen LogP contribution in [0.25, 0.3) is 11.3 Å². The van der Waals surface area contributed by atoms with E-state index in [0.29, 0.717) is 0 Å². The fourth-order valence-corrected chi connectivity index (χ4v) is 2.97. The zero-order valence-electron chi connectivity index (χ0n) is 11.9. The molecule has 1 unspecified atom stereocenters. The van der Waals surface area contributed by atoms with Crippen molar-refractivity contribution in [2.24, 2.45) is 0 Å². The van der Waals surface area contributed by atoms with E-state index in [1.54, 1.807) is 0 Å². The van der Waals surface area contributed by atoms with Crippen LogP contribution in [0.15, 0.2) is 29.1 Å².